The molecule has 0 aromatic rings. The lowest BCUT2D eigenvalue weighted by atomic mass is 10.1. The zero-order valence-electron chi connectivity index (χ0n) is 9.43. The fourth-order valence-electron chi connectivity index (χ4n) is 1.35. The molecule has 0 amide bonds. The van der Waals surface area contributed by atoms with Crippen molar-refractivity contribution in [2.24, 2.45) is 0 Å². The maximum absolute atomic E-state index is 11.0. The number of Topliss-reactive ketones (excluding diaryl/α,β-unsaturated/α-hetero) is 2. The van der Waals surface area contributed by atoms with E-state index in [2.05, 4.69) is 6.92 Å². The average Bonchev–Trinajstić information content (AvgIpc) is 2.09. The molecule has 0 aliphatic rings. The molecule has 0 unspecified atom stereocenters. The Morgan fingerprint density at radius 3 is 2.00 bits per heavy atom. The molecule has 0 saturated carbocycles. The van der Waals surface area contributed by atoms with E-state index in [9.17, 15) is 9.59 Å². The van der Waals surface area contributed by atoms with Crippen molar-refractivity contribution in [1.29, 1.82) is 0 Å². The number of ketones is 2. The fraction of sp³-hybridized carbons (Fsp3) is 0.667. The minimum absolute atomic E-state index is 0.118. The molecule has 0 spiro atoms. The van der Waals surface area contributed by atoms with Crippen LogP contribution in [0.2, 0.25) is 0 Å². The van der Waals surface area contributed by atoms with E-state index in [1.54, 1.807) is 6.08 Å². The Bertz CT molecular complexity index is 210. The van der Waals surface area contributed by atoms with Crippen LogP contribution < -0.4 is 0 Å². The van der Waals surface area contributed by atoms with Crippen LogP contribution in [0.1, 0.15) is 52.9 Å². The average molecular weight is 196 g/mol. The van der Waals surface area contributed by atoms with Crippen molar-refractivity contribution in [3.05, 3.63) is 11.6 Å². The maximum Gasteiger partial charge on any atom is 0.163 e. The Hall–Kier alpha value is -0.920. The van der Waals surface area contributed by atoms with E-state index < -0.39 is 0 Å². The van der Waals surface area contributed by atoms with Crippen LogP contribution in [0.25, 0.3) is 0 Å². The molecular weight excluding hydrogens is 176 g/mol. The number of rotatable bonds is 7. The van der Waals surface area contributed by atoms with Gasteiger partial charge in [-0.15, -0.1) is 0 Å². The van der Waals surface area contributed by atoms with Crippen molar-refractivity contribution in [3.63, 3.8) is 0 Å². The summed E-state index contributed by atoms with van der Waals surface area (Å²) >= 11 is 0. The van der Waals surface area contributed by atoms with Crippen LogP contribution in [0.4, 0.5) is 0 Å². The van der Waals surface area contributed by atoms with Crippen molar-refractivity contribution in [1.82, 2.24) is 0 Å². The third kappa shape index (κ3) is 5.68. The zero-order chi connectivity index (χ0) is 11.0. The second kappa shape index (κ2) is 7.48. The Labute approximate surface area is 86.4 Å². The van der Waals surface area contributed by atoms with Crippen LogP contribution in [0.3, 0.4) is 0 Å². The third-order valence-corrected chi connectivity index (χ3v) is 2.16. The van der Waals surface area contributed by atoms with Crippen LogP contribution in [-0.2, 0) is 9.59 Å². The molecule has 0 aliphatic carbocycles. The van der Waals surface area contributed by atoms with Crippen LogP contribution in [0.15, 0.2) is 11.6 Å². The molecule has 0 aromatic heterocycles. The molecule has 0 heterocycles. The number of hydrogen-bond donors (Lipinski definition) is 0. The lowest BCUT2D eigenvalue weighted by Crippen LogP contribution is -2.05. The molecule has 80 valence electrons. The molecule has 0 rings (SSSR count). The Morgan fingerprint density at radius 1 is 1.00 bits per heavy atom. The molecular formula is C12H20O2. The van der Waals surface area contributed by atoms with Crippen LogP contribution >= 0.6 is 0 Å². The zero-order valence-corrected chi connectivity index (χ0v) is 9.43. The van der Waals surface area contributed by atoms with Gasteiger partial charge in [0.05, 0.1) is 5.57 Å². The first kappa shape index (κ1) is 13.1. The van der Waals surface area contributed by atoms with Gasteiger partial charge in [-0.3, -0.25) is 9.59 Å². The number of carbonyl (C=O) groups is 2. The van der Waals surface area contributed by atoms with Crippen LogP contribution in [0.5, 0.6) is 0 Å². The van der Waals surface area contributed by atoms with Gasteiger partial charge in [-0.25, -0.2) is 0 Å². The number of carbonyl (C=O) groups excluding carboxylic acids is 2. The SMILES string of the molecule is CCCCCCC=C(C(C)=O)C(C)=O. The maximum atomic E-state index is 11.0. The van der Waals surface area contributed by atoms with Crippen molar-refractivity contribution in [2.45, 2.75) is 52.9 Å². The molecule has 0 saturated heterocycles. The van der Waals surface area contributed by atoms with Crippen molar-refractivity contribution in [3.8, 4) is 0 Å². The highest BCUT2D eigenvalue weighted by Crippen LogP contribution is 2.06. The summed E-state index contributed by atoms with van der Waals surface area (Å²) in [6.45, 7) is 5.05. The monoisotopic (exact) mass is 196 g/mol. The molecule has 0 aliphatic heterocycles. The van der Waals surface area contributed by atoms with Gasteiger partial charge in [0.1, 0.15) is 0 Å². The Morgan fingerprint density at radius 2 is 1.57 bits per heavy atom. The Kier molecular flexibility index (Phi) is 6.99. The lowest BCUT2D eigenvalue weighted by molar-refractivity contribution is -0.119. The lowest BCUT2D eigenvalue weighted by Gasteiger charge is -1.98. The predicted octanol–water partition coefficient (Wildman–Crippen LogP) is 3.06. The van der Waals surface area contributed by atoms with Gasteiger partial charge in [0, 0.05) is 0 Å². The van der Waals surface area contributed by atoms with E-state index in [1.165, 1.54) is 33.1 Å². The smallest absolute Gasteiger partial charge is 0.163 e. The number of allylic oxidation sites excluding steroid dienone is 2. The van der Waals surface area contributed by atoms with E-state index in [0.717, 1.165) is 12.8 Å². The third-order valence-electron chi connectivity index (χ3n) is 2.16. The minimum Gasteiger partial charge on any atom is -0.294 e. The number of unbranched alkanes of at least 4 members (excludes halogenated alkanes) is 4. The summed E-state index contributed by atoms with van der Waals surface area (Å²) in [5.74, 6) is -0.235. The molecule has 2 nitrogen and oxygen atoms in total. The quantitative estimate of drug-likeness (QED) is 0.271. The number of hydrogen-bond acceptors (Lipinski definition) is 2. The van der Waals surface area contributed by atoms with Crippen molar-refractivity contribution >= 4 is 11.6 Å². The van der Waals surface area contributed by atoms with E-state index in [-0.39, 0.29) is 11.6 Å². The summed E-state index contributed by atoms with van der Waals surface area (Å²) in [5.41, 5.74) is 0.362. The molecule has 0 fully saturated rings. The van der Waals surface area contributed by atoms with Crippen molar-refractivity contribution < 1.29 is 9.59 Å². The molecule has 14 heavy (non-hydrogen) atoms. The molecule has 0 radical (unpaired) electrons. The van der Waals surface area contributed by atoms with Gasteiger partial charge < -0.3 is 0 Å². The van der Waals surface area contributed by atoms with E-state index >= 15 is 0 Å². The van der Waals surface area contributed by atoms with Gasteiger partial charge >= 0.3 is 0 Å². The van der Waals surface area contributed by atoms with Gasteiger partial charge in [-0.1, -0.05) is 32.3 Å². The summed E-state index contributed by atoms with van der Waals surface area (Å²) in [4.78, 5) is 22.0. The van der Waals surface area contributed by atoms with Gasteiger partial charge in [0.25, 0.3) is 0 Å². The summed E-state index contributed by atoms with van der Waals surface area (Å²) in [5, 5.41) is 0. The molecule has 2 heteroatoms. The summed E-state index contributed by atoms with van der Waals surface area (Å²) < 4.78 is 0. The van der Waals surface area contributed by atoms with Crippen LogP contribution in [0, 0.1) is 0 Å². The summed E-state index contributed by atoms with van der Waals surface area (Å²) in [6, 6.07) is 0. The Balaban J connectivity index is 3.93. The normalized spacial score (nSPS) is 9.64. The first-order valence-corrected chi connectivity index (χ1v) is 5.31. The highest BCUT2D eigenvalue weighted by Gasteiger charge is 2.07. The van der Waals surface area contributed by atoms with Gasteiger partial charge in [0.2, 0.25) is 0 Å². The van der Waals surface area contributed by atoms with E-state index in [0.29, 0.717) is 5.57 Å². The van der Waals surface area contributed by atoms with E-state index in [1.807, 2.05) is 0 Å². The van der Waals surface area contributed by atoms with Crippen LogP contribution in [-0.4, -0.2) is 11.6 Å². The molecule has 0 N–H and O–H groups in total. The standard InChI is InChI=1S/C12H20O2/c1-4-5-6-7-8-9-12(10(2)13)11(3)14/h9H,4-8H2,1-3H3. The molecule has 0 bridgehead atoms. The molecule has 0 aromatic carbocycles. The second-order valence-corrected chi connectivity index (χ2v) is 3.58. The van der Waals surface area contributed by atoms with Gasteiger partial charge in [0.15, 0.2) is 11.6 Å². The second-order valence-electron chi connectivity index (χ2n) is 3.58. The summed E-state index contributed by atoms with van der Waals surface area (Å²) in [7, 11) is 0. The van der Waals surface area contributed by atoms with Gasteiger partial charge in [-0.05, 0) is 26.7 Å². The highest BCUT2D eigenvalue weighted by molar-refractivity contribution is 6.18. The largest absolute Gasteiger partial charge is 0.294 e. The predicted molar refractivity (Wildman–Crippen MR) is 58.2 cm³/mol. The van der Waals surface area contributed by atoms with Gasteiger partial charge in [-0.2, -0.15) is 0 Å². The minimum atomic E-state index is -0.118. The summed E-state index contributed by atoms with van der Waals surface area (Å²) in [6.07, 6.45) is 7.29. The van der Waals surface area contributed by atoms with E-state index in [4.69, 9.17) is 0 Å². The van der Waals surface area contributed by atoms with Crippen molar-refractivity contribution in [2.75, 3.05) is 0 Å². The topological polar surface area (TPSA) is 34.1 Å². The first-order chi connectivity index (χ1) is 6.59. The fourth-order valence-corrected chi connectivity index (χ4v) is 1.35. The first-order valence-electron chi connectivity index (χ1n) is 5.31. The molecule has 0 atom stereocenters. The highest BCUT2D eigenvalue weighted by atomic mass is 16.1.